The van der Waals surface area contributed by atoms with E-state index in [0.717, 1.165) is 11.4 Å². The normalized spacial score (nSPS) is 9.67. The standard InChI is InChI=1S/C9H8N3/c1-2-4-8(5-3-1)12-9-6-10-11-7-9/h2-7,12H,(H,10,11). The van der Waals surface area contributed by atoms with Crippen molar-refractivity contribution in [1.29, 1.82) is 0 Å². The van der Waals surface area contributed by atoms with Crippen molar-refractivity contribution in [3.05, 3.63) is 42.7 Å². The zero-order chi connectivity index (χ0) is 8.23. The van der Waals surface area contributed by atoms with Crippen LogP contribution < -0.4 is 5.32 Å². The lowest BCUT2D eigenvalue weighted by atomic mass is 10.3. The fourth-order valence-electron chi connectivity index (χ4n) is 0.956. The Morgan fingerprint density at radius 2 is 2.08 bits per heavy atom. The maximum atomic E-state index is 3.82. The number of aromatic nitrogens is 2. The lowest BCUT2D eigenvalue weighted by Gasteiger charge is -2.00. The summed E-state index contributed by atoms with van der Waals surface area (Å²) >= 11 is 0. The van der Waals surface area contributed by atoms with Crippen LogP contribution >= 0.6 is 0 Å². The van der Waals surface area contributed by atoms with Gasteiger partial charge in [0, 0.05) is 11.9 Å². The van der Waals surface area contributed by atoms with Crippen LogP contribution in [0.3, 0.4) is 0 Å². The predicted octanol–water partition coefficient (Wildman–Crippen LogP) is 1.95. The Kier molecular flexibility index (Phi) is 1.78. The Balaban J connectivity index is 2.15. The molecule has 0 aliphatic rings. The van der Waals surface area contributed by atoms with Gasteiger partial charge in [-0.3, -0.25) is 5.10 Å². The van der Waals surface area contributed by atoms with Crippen molar-refractivity contribution in [1.82, 2.24) is 10.2 Å². The number of benzene rings is 1. The van der Waals surface area contributed by atoms with E-state index in [1.165, 1.54) is 0 Å². The van der Waals surface area contributed by atoms with E-state index >= 15 is 0 Å². The van der Waals surface area contributed by atoms with Gasteiger partial charge in [0.05, 0.1) is 11.9 Å². The predicted molar refractivity (Wildman–Crippen MR) is 47.1 cm³/mol. The number of anilines is 2. The molecule has 1 radical (unpaired) electrons. The average Bonchev–Trinajstić information content (AvgIpc) is 2.59. The van der Waals surface area contributed by atoms with Gasteiger partial charge in [0.1, 0.15) is 0 Å². The molecule has 12 heavy (non-hydrogen) atoms. The second-order valence-electron chi connectivity index (χ2n) is 2.40. The molecule has 0 saturated carbocycles. The molecule has 0 amide bonds. The van der Waals surface area contributed by atoms with Gasteiger partial charge in [-0.25, -0.2) is 0 Å². The van der Waals surface area contributed by atoms with Gasteiger partial charge in [-0.05, 0) is 18.2 Å². The van der Waals surface area contributed by atoms with Gasteiger partial charge in [-0.2, -0.15) is 5.10 Å². The molecule has 1 aromatic carbocycles. The first-order chi connectivity index (χ1) is 5.95. The zero-order valence-electron chi connectivity index (χ0n) is 6.41. The largest absolute Gasteiger partial charge is 0.353 e. The lowest BCUT2D eigenvalue weighted by molar-refractivity contribution is 1.09. The number of hydrogen-bond donors (Lipinski definition) is 2. The third kappa shape index (κ3) is 1.45. The van der Waals surface area contributed by atoms with Crippen molar-refractivity contribution >= 4 is 11.4 Å². The number of nitrogens with zero attached hydrogens (tertiary/aromatic N) is 1. The van der Waals surface area contributed by atoms with Crippen molar-refractivity contribution in [3.63, 3.8) is 0 Å². The minimum absolute atomic E-state index is 0.959. The summed E-state index contributed by atoms with van der Waals surface area (Å²) in [6.07, 6.45) is 3.54. The first-order valence-corrected chi connectivity index (χ1v) is 3.67. The topological polar surface area (TPSA) is 40.7 Å². The summed E-state index contributed by atoms with van der Waals surface area (Å²) in [7, 11) is 0. The van der Waals surface area contributed by atoms with E-state index in [2.05, 4.69) is 21.6 Å². The monoisotopic (exact) mass is 158 g/mol. The Bertz CT molecular complexity index is 326. The van der Waals surface area contributed by atoms with E-state index in [-0.39, 0.29) is 0 Å². The van der Waals surface area contributed by atoms with E-state index in [1.807, 2.05) is 24.3 Å². The molecule has 1 aromatic heterocycles. The van der Waals surface area contributed by atoms with Crippen molar-refractivity contribution in [3.8, 4) is 0 Å². The summed E-state index contributed by atoms with van der Waals surface area (Å²) in [6.45, 7) is 0. The van der Waals surface area contributed by atoms with Gasteiger partial charge >= 0.3 is 0 Å². The molecule has 0 aliphatic heterocycles. The Labute approximate surface area is 70.4 Å². The van der Waals surface area contributed by atoms with Crippen molar-refractivity contribution in [2.45, 2.75) is 0 Å². The van der Waals surface area contributed by atoms with E-state index < -0.39 is 0 Å². The molecular weight excluding hydrogens is 150 g/mol. The molecule has 0 fully saturated rings. The van der Waals surface area contributed by atoms with Crippen LogP contribution in [0.4, 0.5) is 11.4 Å². The molecule has 3 heteroatoms. The minimum atomic E-state index is 0.959. The minimum Gasteiger partial charge on any atom is -0.353 e. The molecule has 0 unspecified atom stereocenters. The van der Waals surface area contributed by atoms with Gasteiger partial charge in [0.15, 0.2) is 0 Å². The number of H-pyrrole nitrogens is 1. The third-order valence-corrected chi connectivity index (χ3v) is 1.51. The molecule has 0 spiro atoms. The quantitative estimate of drug-likeness (QED) is 0.701. The smallest absolute Gasteiger partial charge is 0.0767 e. The second kappa shape index (κ2) is 3.09. The Morgan fingerprint density at radius 1 is 1.25 bits per heavy atom. The van der Waals surface area contributed by atoms with Gasteiger partial charge < -0.3 is 5.32 Å². The highest BCUT2D eigenvalue weighted by molar-refractivity contribution is 5.57. The Hall–Kier alpha value is -1.77. The highest BCUT2D eigenvalue weighted by Crippen LogP contribution is 2.12. The summed E-state index contributed by atoms with van der Waals surface area (Å²) in [5, 5.41) is 9.72. The van der Waals surface area contributed by atoms with Crippen LogP contribution in [0.5, 0.6) is 0 Å². The first kappa shape index (κ1) is 6.91. The van der Waals surface area contributed by atoms with Crippen LogP contribution in [0.1, 0.15) is 0 Å². The highest BCUT2D eigenvalue weighted by atomic mass is 15.1. The SMILES string of the molecule is [c]1ccc(Nc2cn[nH]c2)cc1. The summed E-state index contributed by atoms with van der Waals surface area (Å²) in [4.78, 5) is 0. The van der Waals surface area contributed by atoms with Crippen molar-refractivity contribution in [2.24, 2.45) is 0 Å². The molecule has 59 valence electrons. The molecule has 2 aromatic rings. The second-order valence-corrected chi connectivity index (χ2v) is 2.40. The summed E-state index contributed by atoms with van der Waals surface area (Å²) in [6, 6.07) is 10.6. The lowest BCUT2D eigenvalue weighted by Crippen LogP contribution is -1.86. The van der Waals surface area contributed by atoms with Crippen LogP contribution in [0.2, 0.25) is 0 Å². The first-order valence-electron chi connectivity index (χ1n) is 3.67. The van der Waals surface area contributed by atoms with Crippen LogP contribution in [-0.2, 0) is 0 Å². The molecule has 2 rings (SSSR count). The molecular formula is C9H8N3. The number of hydrogen-bond acceptors (Lipinski definition) is 2. The van der Waals surface area contributed by atoms with Crippen molar-refractivity contribution in [2.75, 3.05) is 5.32 Å². The van der Waals surface area contributed by atoms with Gasteiger partial charge in [-0.1, -0.05) is 12.1 Å². The van der Waals surface area contributed by atoms with Crippen LogP contribution in [-0.4, -0.2) is 10.2 Å². The van der Waals surface area contributed by atoms with Gasteiger partial charge in [-0.15, -0.1) is 0 Å². The highest BCUT2D eigenvalue weighted by Gasteiger charge is 1.92. The summed E-state index contributed by atoms with van der Waals surface area (Å²) in [5.41, 5.74) is 2.00. The van der Waals surface area contributed by atoms with E-state index in [0.29, 0.717) is 0 Å². The maximum absolute atomic E-state index is 3.82. The van der Waals surface area contributed by atoms with Crippen LogP contribution in [0.15, 0.2) is 36.7 Å². The summed E-state index contributed by atoms with van der Waals surface area (Å²) in [5.74, 6) is 0. The fourth-order valence-corrected chi connectivity index (χ4v) is 0.956. The van der Waals surface area contributed by atoms with Crippen LogP contribution in [0.25, 0.3) is 0 Å². The maximum Gasteiger partial charge on any atom is 0.0767 e. The summed E-state index contributed by atoms with van der Waals surface area (Å²) < 4.78 is 0. The Morgan fingerprint density at radius 3 is 2.75 bits per heavy atom. The van der Waals surface area contributed by atoms with Crippen LogP contribution in [0, 0.1) is 6.07 Å². The van der Waals surface area contributed by atoms with E-state index in [4.69, 9.17) is 0 Å². The van der Waals surface area contributed by atoms with Crippen molar-refractivity contribution < 1.29 is 0 Å². The number of nitrogens with one attached hydrogen (secondary N) is 2. The molecule has 0 aliphatic carbocycles. The van der Waals surface area contributed by atoms with E-state index in [1.54, 1.807) is 12.4 Å². The molecule has 0 atom stereocenters. The molecule has 0 bridgehead atoms. The van der Waals surface area contributed by atoms with Gasteiger partial charge in [0.25, 0.3) is 0 Å². The number of aromatic amines is 1. The number of rotatable bonds is 2. The molecule has 0 saturated heterocycles. The van der Waals surface area contributed by atoms with E-state index in [9.17, 15) is 0 Å². The average molecular weight is 158 g/mol. The molecule has 1 heterocycles. The molecule has 2 N–H and O–H groups in total. The zero-order valence-corrected chi connectivity index (χ0v) is 6.41. The molecule has 3 nitrogen and oxygen atoms in total. The van der Waals surface area contributed by atoms with Gasteiger partial charge in [0.2, 0.25) is 0 Å². The fraction of sp³-hybridized carbons (Fsp3) is 0. The third-order valence-electron chi connectivity index (χ3n) is 1.51.